The fourth-order valence-corrected chi connectivity index (χ4v) is 2.05. The third-order valence-electron chi connectivity index (χ3n) is 3.32. The van der Waals surface area contributed by atoms with Gasteiger partial charge in [-0.25, -0.2) is 0 Å². The van der Waals surface area contributed by atoms with E-state index in [1.807, 2.05) is 6.08 Å². The lowest BCUT2D eigenvalue weighted by atomic mass is 10.1. The molecule has 1 N–H and O–H groups in total. The Bertz CT molecular complexity index is 267. The Kier molecular flexibility index (Phi) is 15.2. The molecule has 2 nitrogen and oxygen atoms in total. The number of carbonyl (C=O) groups is 1. The van der Waals surface area contributed by atoms with Crippen LogP contribution in [0.2, 0.25) is 0 Å². The van der Waals surface area contributed by atoms with Gasteiger partial charge in [0.2, 0.25) is 0 Å². The molecule has 0 unspecified atom stereocenters. The Morgan fingerprint density at radius 2 is 1.20 bits per heavy atom. The van der Waals surface area contributed by atoms with Gasteiger partial charge in [-0.1, -0.05) is 63.3 Å². The molecule has 0 saturated heterocycles. The highest BCUT2D eigenvalue weighted by Gasteiger charge is 1.92. The maximum Gasteiger partial charge on any atom is 0.303 e. The van der Waals surface area contributed by atoms with Crippen molar-refractivity contribution < 1.29 is 9.90 Å². The van der Waals surface area contributed by atoms with E-state index in [2.05, 4.69) is 25.2 Å². The van der Waals surface area contributed by atoms with Gasteiger partial charge in [0.1, 0.15) is 0 Å². The van der Waals surface area contributed by atoms with Crippen LogP contribution in [0.1, 0.15) is 84.0 Å². The molecule has 2 heteroatoms. The minimum absolute atomic E-state index is 0.252. The highest BCUT2D eigenvalue weighted by molar-refractivity contribution is 5.66. The normalized spacial score (nSPS) is 11.7. The largest absolute Gasteiger partial charge is 0.481 e. The molecule has 0 aromatic heterocycles. The lowest BCUT2D eigenvalue weighted by Crippen LogP contribution is -1.91. The van der Waals surface area contributed by atoms with Crippen LogP contribution in [0.5, 0.6) is 0 Å². The van der Waals surface area contributed by atoms with E-state index in [1.165, 1.54) is 57.8 Å². The number of aliphatic carboxylic acids is 1. The average molecular weight is 280 g/mol. The summed E-state index contributed by atoms with van der Waals surface area (Å²) in [5.74, 6) is -0.710. The van der Waals surface area contributed by atoms with Gasteiger partial charge in [-0.05, 0) is 38.5 Å². The van der Waals surface area contributed by atoms with Gasteiger partial charge in [-0.2, -0.15) is 0 Å². The summed E-state index contributed by atoms with van der Waals surface area (Å²) >= 11 is 0. The topological polar surface area (TPSA) is 37.3 Å². The van der Waals surface area contributed by atoms with E-state index in [0.717, 1.165) is 6.42 Å². The summed E-state index contributed by atoms with van der Waals surface area (Å²) in [6, 6.07) is 0. The van der Waals surface area contributed by atoms with E-state index in [4.69, 9.17) is 5.11 Å². The predicted octanol–water partition coefficient (Wildman–Crippen LogP) is 5.88. The quantitative estimate of drug-likeness (QED) is 0.318. The van der Waals surface area contributed by atoms with Gasteiger partial charge < -0.3 is 5.11 Å². The Labute approximate surface area is 125 Å². The van der Waals surface area contributed by atoms with E-state index in [1.54, 1.807) is 0 Å². The molecule has 0 aromatic rings. The fraction of sp³-hybridized carbons (Fsp3) is 0.722. The first kappa shape index (κ1) is 18.9. The van der Waals surface area contributed by atoms with Gasteiger partial charge in [-0.15, -0.1) is 0 Å². The van der Waals surface area contributed by atoms with Crippen molar-refractivity contribution in [3.63, 3.8) is 0 Å². The van der Waals surface area contributed by atoms with E-state index < -0.39 is 5.97 Å². The SMILES string of the molecule is CCCC/C=C/CCCCCCC/C=C/CCC(=O)O. The molecule has 0 aliphatic carbocycles. The van der Waals surface area contributed by atoms with Crippen LogP contribution >= 0.6 is 0 Å². The second-order valence-electron chi connectivity index (χ2n) is 5.36. The van der Waals surface area contributed by atoms with Crippen molar-refractivity contribution in [2.24, 2.45) is 0 Å². The Balaban J connectivity index is 3.13. The molecule has 0 saturated carbocycles. The number of unbranched alkanes of at least 4 members (excludes halogenated alkanes) is 8. The maximum atomic E-state index is 10.3. The maximum absolute atomic E-state index is 10.3. The average Bonchev–Trinajstić information content (AvgIpc) is 2.43. The first-order chi connectivity index (χ1) is 9.77. The van der Waals surface area contributed by atoms with Gasteiger partial charge >= 0.3 is 5.97 Å². The zero-order valence-corrected chi connectivity index (χ0v) is 13.2. The summed E-state index contributed by atoms with van der Waals surface area (Å²) in [6.45, 7) is 2.23. The Morgan fingerprint density at radius 1 is 0.750 bits per heavy atom. The molecular formula is C18H32O2. The first-order valence-electron chi connectivity index (χ1n) is 8.29. The number of hydrogen-bond acceptors (Lipinski definition) is 1. The second-order valence-corrected chi connectivity index (χ2v) is 5.36. The van der Waals surface area contributed by atoms with Gasteiger partial charge in [-0.3, -0.25) is 4.79 Å². The molecule has 0 aromatic carbocycles. The molecule has 0 atom stereocenters. The number of carboxylic acid groups (broad SMARTS) is 1. The molecule has 116 valence electrons. The monoisotopic (exact) mass is 280 g/mol. The number of allylic oxidation sites excluding steroid dienone is 4. The molecular weight excluding hydrogens is 248 g/mol. The third-order valence-corrected chi connectivity index (χ3v) is 3.32. The lowest BCUT2D eigenvalue weighted by Gasteiger charge is -1.98. The van der Waals surface area contributed by atoms with E-state index in [9.17, 15) is 4.79 Å². The molecule has 0 bridgehead atoms. The van der Waals surface area contributed by atoms with Gasteiger partial charge in [0.05, 0.1) is 0 Å². The fourth-order valence-electron chi connectivity index (χ4n) is 2.05. The first-order valence-corrected chi connectivity index (χ1v) is 8.29. The molecule has 0 spiro atoms. The van der Waals surface area contributed by atoms with Crippen molar-refractivity contribution in [3.8, 4) is 0 Å². The summed E-state index contributed by atoms with van der Waals surface area (Å²) in [6.07, 6.45) is 22.4. The summed E-state index contributed by atoms with van der Waals surface area (Å²) in [7, 11) is 0. The zero-order valence-electron chi connectivity index (χ0n) is 13.2. The van der Waals surface area contributed by atoms with Crippen molar-refractivity contribution in [2.45, 2.75) is 84.0 Å². The van der Waals surface area contributed by atoms with Crippen LogP contribution in [0, 0.1) is 0 Å². The van der Waals surface area contributed by atoms with Crippen LogP contribution in [0.25, 0.3) is 0 Å². The molecule has 0 heterocycles. The number of hydrogen-bond donors (Lipinski definition) is 1. The van der Waals surface area contributed by atoms with Crippen molar-refractivity contribution >= 4 is 5.97 Å². The third kappa shape index (κ3) is 16.9. The summed E-state index contributed by atoms with van der Waals surface area (Å²) in [5, 5.41) is 8.48. The Hall–Kier alpha value is -1.05. The summed E-state index contributed by atoms with van der Waals surface area (Å²) in [5.41, 5.74) is 0. The number of carboxylic acids is 1. The van der Waals surface area contributed by atoms with Crippen molar-refractivity contribution in [2.75, 3.05) is 0 Å². The van der Waals surface area contributed by atoms with Crippen LogP contribution < -0.4 is 0 Å². The standard InChI is InChI=1S/C18H32O2/c1-2-3-4-5-6-7-8-9-10-11-12-13-14-15-16-17-18(19)20/h5-6,14-15H,2-4,7-13,16-17H2,1H3,(H,19,20)/b6-5+,15-14+. The molecule has 0 fully saturated rings. The van der Waals surface area contributed by atoms with Crippen molar-refractivity contribution in [1.29, 1.82) is 0 Å². The van der Waals surface area contributed by atoms with Gasteiger partial charge in [0, 0.05) is 6.42 Å². The van der Waals surface area contributed by atoms with Crippen LogP contribution in [0.4, 0.5) is 0 Å². The van der Waals surface area contributed by atoms with Crippen molar-refractivity contribution in [3.05, 3.63) is 24.3 Å². The minimum Gasteiger partial charge on any atom is -0.481 e. The van der Waals surface area contributed by atoms with E-state index in [0.29, 0.717) is 6.42 Å². The van der Waals surface area contributed by atoms with Gasteiger partial charge in [0.25, 0.3) is 0 Å². The molecule has 0 rings (SSSR count). The molecule has 0 radical (unpaired) electrons. The van der Waals surface area contributed by atoms with Crippen LogP contribution in [0.3, 0.4) is 0 Å². The highest BCUT2D eigenvalue weighted by atomic mass is 16.4. The molecule has 20 heavy (non-hydrogen) atoms. The van der Waals surface area contributed by atoms with Crippen LogP contribution in [-0.2, 0) is 4.79 Å². The lowest BCUT2D eigenvalue weighted by molar-refractivity contribution is -0.136. The summed E-state index contributed by atoms with van der Waals surface area (Å²) in [4.78, 5) is 10.3. The number of rotatable bonds is 14. The second kappa shape index (κ2) is 16.0. The van der Waals surface area contributed by atoms with E-state index in [-0.39, 0.29) is 6.42 Å². The van der Waals surface area contributed by atoms with Crippen LogP contribution in [-0.4, -0.2) is 11.1 Å². The summed E-state index contributed by atoms with van der Waals surface area (Å²) < 4.78 is 0. The smallest absolute Gasteiger partial charge is 0.303 e. The molecule has 0 amide bonds. The van der Waals surface area contributed by atoms with Gasteiger partial charge in [0.15, 0.2) is 0 Å². The molecule has 0 aliphatic heterocycles. The minimum atomic E-state index is -0.710. The van der Waals surface area contributed by atoms with Crippen molar-refractivity contribution in [1.82, 2.24) is 0 Å². The predicted molar refractivity (Wildman–Crippen MR) is 87.0 cm³/mol. The zero-order chi connectivity index (χ0) is 14.9. The Morgan fingerprint density at radius 3 is 1.70 bits per heavy atom. The highest BCUT2D eigenvalue weighted by Crippen LogP contribution is 2.08. The molecule has 0 aliphatic rings. The van der Waals surface area contributed by atoms with E-state index >= 15 is 0 Å². The van der Waals surface area contributed by atoms with Crippen LogP contribution in [0.15, 0.2) is 24.3 Å².